The van der Waals surface area contributed by atoms with Gasteiger partial charge in [0.15, 0.2) is 6.10 Å². The summed E-state index contributed by atoms with van der Waals surface area (Å²) in [5.74, 6) is -0.911. The molecule has 1 atom stereocenters. The van der Waals surface area contributed by atoms with Crippen LogP contribution in [0.1, 0.15) is 42.5 Å². The van der Waals surface area contributed by atoms with Gasteiger partial charge in [-0.2, -0.15) is 5.10 Å². The van der Waals surface area contributed by atoms with Gasteiger partial charge in [0.2, 0.25) is 0 Å². The van der Waals surface area contributed by atoms with Gasteiger partial charge in [0.25, 0.3) is 5.91 Å². The van der Waals surface area contributed by atoms with E-state index in [4.69, 9.17) is 4.74 Å². The highest BCUT2D eigenvalue weighted by molar-refractivity contribution is 5.98. The molecule has 0 aliphatic heterocycles. The summed E-state index contributed by atoms with van der Waals surface area (Å²) in [7, 11) is 1.81. The molecule has 0 radical (unpaired) electrons. The molecule has 1 aromatic carbocycles. The van der Waals surface area contributed by atoms with Crippen molar-refractivity contribution in [1.82, 2.24) is 9.78 Å². The van der Waals surface area contributed by atoms with Crippen molar-refractivity contribution in [2.24, 2.45) is 7.05 Å². The lowest BCUT2D eigenvalue weighted by Crippen LogP contribution is -2.30. The minimum atomic E-state index is -0.918. The molecule has 0 bridgehead atoms. The van der Waals surface area contributed by atoms with Crippen LogP contribution in [0.5, 0.6) is 0 Å². The lowest BCUT2D eigenvalue weighted by atomic mass is 10.2. The molecule has 0 aliphatic carbocycles. The van der Waals surface area contributed by atoms with Crippen molar-refractivity contribution in [2.45, 2.75) is 40.7 Å². The molecule has 0 fully saturated rings. The van der Waals surface area contributed by atoms with Gasteiger partial charge in [-0.15, -0.1) is 0 Å². The average molecular weight is 372 g/mol. The average Bonchev–Trinajstić information content (AvgIpc) is 2.89. The quantitative estimate of drug-likeness (QED) is 0.756. The number of nitrogens with one attached hydrogen (secondary N) is 1. The van der Waals surface area contributed by atoms with E-state index in [1.807, 2.05) is 33.0 Å². The Hall–Kier alpha value is -2.83. The summed E-state index contributed by atoms with van der Waals surface area (Å²) in [4.78, 5) is 26.9. The van der Waals surface area contributed by atoms with Crippen LogP contribution in [0.3, 0.4) is 0 Å². The van der Waals surface area contributed by atoms with Crippen molar-refractivity contribution in [3.8, 4) is 0 Å². The zero-order chi connectivity index (χ0) is 20.1. The van der Waals surface area contributed by atoms with Crippen molar-refractivity contribution in [2.75, 3.05) is 23.3 Å². The predicted octanol–water partition coefficient (Wildman–Crippen LogP) is 3.07. The number of hydrogen-bond donors (Lipinski definition) is 1. The number of carbonyl (C=O) groups is 2. The number of esters is 1. The molecule has 1 N–H and O–H groups in total. The van der Waals surface area contributed by atoms with Gasteiger partial charge in [0.05, 0.1) is 22.6 Å². The van der Waals surface area contributed by atoms with Crippen molar-refractivity contribution in [3.05, 3.63) is 41.2 Å². The van der Waals surface area contributed by atoms with Crippen LogP contribution in [0, 0.1) is 13.8 Å². The van der Waals surface area contributed by atoms with Gasteiger partial charge in [0.1, 0.15) is 0 Å². The van der Waals surface area contributed by atoms with Crippen molar-refractivity contribution >= 4 is 23.3 Å². The first-order valence-corrected chi connectivity index (χ1v) is 9.15. The fraction of sp³-hybridized carbons (Fsp3) is 0.450. The third kappa shape index (κ3) is 4.67. The Balaban J connectivity index is 2.01. The number of amides is 1. The van der Waals surface area contributed by atoms with Crippen LogP contribution in [0.15, 0.2) is 24.3 Å². The number of ether oxygens (including phenoxy) is 1. The summed E-state index contributed by atoms with van der Waals surface area (Å²) < 4.78 is 7.01. The third-order valence-electron chi connectivity index (χ3n) is 4.64. The lowest BCUT2D eigenvalue weighted by Gasteiger charge is -2.21. The molecule has 1 amide bonds. The molecule has 7 heteroatoms. The highest BCUT2D eigenvalue weighted by Gasteiger charge is 2.21. The molecule has 0 unspecified atom stereocenters. The van der Waals surface area contributed by atoms with Crippen molar-refractivity contribution in [1.29, 1.82) is 0 Å². The Labute approximate surface area is 160 Å². The van der Waals surface area contributed by atoms with Crippen LogP contribution in [0.2, 0.25) is 0 Å². The number of carbonyl (C=O) groups excluding carboxylic acids is 2. The smallest absolute Gasteiger partial charge is 0.338 e. The number of benzene rings is 1. The minimum Gasteiger partial charge on any atom is -0.449 e. The van der Waals surface area contributed by atoms with Crippen molar-refractivity contribution in [3.63, 3.8) is 0 Å². The second-order valence-corrected chi connectivity index (χ2v) is 6.43. The van der Waals surface area contributed by atoms with Crippen LogP contribution in [0.4, 0.5) is 11.4 Å². The van der Waals surface area contributed by atoms with Gasteiger partial charge in [-0.05, 0) is 58.9 Å². The Kier molecular flexibility index (Phi) is 6.60. The maximum absolute atomic E-state index is 12.4. The monoisotopic (exact) mass is 372 g/mol. The van der Waals surface area contributed by atoms with E-state index in [1.165, 1.54) is 0 Å². The number of nitrogens with zero attached hydrogens (tertiary/aromatic N) is 3. The van der Waals surface area contributed by atoms with Gasteiger partial charge in [-0.3, -0.25) is 9.48 Å². The molecule has 0 aliphatic rings. The predicted molar refractivity (Wildman–Crippen MR) is 106 cm³/mol. The van der Waals surface area contributed by atoms with E-state index in [0.29, 0.717) is 16.9 Å². The SMILES string of the molecule is CCN(CC)c1ccc(C(=O)O[C@@H](C)C(=O)Nc2c(C)nn(C)c2C)cc1. The second-order valence-electron chi connectivity index (χ2n) is 6.43. The van der Waals surface area contributed by atoms with Crippen molar-refractivity contribution < 1.29 is 14.3 Å². The van der Waals surface area contributed by atoms with E-state index < -0.39 is 12.1 Å². The molecule has 1 aromatic heterocycles. The van der Waals surface area contributed by atoms with E-state index in [0.717, 1.165) is 24.5 Å². The Morgan fingerprint density at radius 2 is 1.78 bits per heavy atom. The van der Waals surface area contributed by atoms with E-state index in [1.54, 1.807) is 23.7 Å². The van der Waals surface area contributed by atoms with Gasteiger partial charge in [0, 0.05) is 25.8 Å². The molecule has 0 spiro atoms. The highest BCUT2D eigenvalue weighted by Crippen LogP contribution is 2.19. The number of anilines is 2. The van der Waals surface area contributed by atoms with Crippen LogP contribution >= 0.6 is 0 Å². The van der Waals surface area contributed by atoms with Gasteiger partial charge in [-0.1, -0.05) is 0 Å². The minimum absolute atomic E-state index is 0.387. The zero-order valence-electron chi connectivity index (χ0n) is 16.9. The van der Waals surface area contributed by atoms with Crippen LogP contribution in [0.25, 0.3) is 0 Å². The van der Waals surface area contributed by atoms with E-state index in [-0.39, 0.29) is 5.91 Å². The van der Waals surface area contributed by atoms with Gasteiger partial charge < -0.3 is 15.0 Å². The number of aromatic nitrogens is 2. The first kappa shape index (κ1) is 20.5. The fourth-order valence-corrected chi connectivity index (χ4v) is 2.86. The summed E-state index contributed by atoms with van der Waals surface area (Å²) >= 11 is 0. The highest BCUT2D eigenvalue weighted by atomic mass is 16.5. The summed E-state index contributed by atoms with van der Waals surface area (Å²) in [5, 5.41) is 7.05. The summed E-state index contributed by atoms with van der Waals surface area (Å²) in [5.41, 5.74) is 3.67. The summed E-state index contributed by atoms with van der Waals surface area (Å²) in [6.45, 7) is 11.2. The normalized spacial score (nSPS) is 11.8. The maximum atomic E-state index is 12.4. The van der Waals surface area contributed by atoms with Crippen LogP contribution in [-0.2, 0) is 16.6 Å². The molecule has 27 heavy (non-hydrogen) atoms. The Morgan fingerprint density at radius 3 is 2.26 bits per heavy atom. The lowest BCUT2D eigenvalue weighted by molar-refractivity contribution is -0.123. The second kappa shape index (κ2) is 8.70. The molecule has 146 valence electrons. The van der Waals surface area contributed by atoms with E-state index in [9.17, 15) is 9.59 Å². The van der Waals surface area contributed by atoms with Gasteiger partial charge >= 0.3 is 5.97 Å². The summed E-state index contributed by atoms with van der Waals surface area (Å²) in [6, 6.07) is 7.21. The Bertz CT molecular complexity index is 807. The molecule has 2 rings (SSSR count). The number of rotatable bonds is 7. The molecule has 1 heterocycles. The van der Waals surface area contributed by atoms with Gasteiger partial charge in [-0.25, -0.2) is 4.79 Å². The first-order chi connectivity index (χ1) is 12.8. The zero-order valence-corrected chi connectivity index (χ0v) is 16.9. The Morgan fingerprint density at radius 1 is 1.19 bits per heavy atom. The maximum Gasteiger partial charge on any atom is 0.338 e. The fourth-order valence-electron chi connectivity index (χ4n) is 2.86. The van der Waals surface area contributed by atoms with Crippen LogP contribution < -0.4 is 10.2 Å². The molecule has 7 nitrogen and oxygen atoms in total. The third-order valence-corrected chi connectivity index (χ3v) is 4.64. The number of hydrogen-bond acceptors (Lipinski definition) is 5. The van der Waals surface area contributed by atoms with Crippen LogP contribution in [-0.4, -0.2) is 40.9 Å². The molecule has 2 aromatic rings. The number of aryl methyl sites for hydroxylation is 2. The topological polar surface area (TPSA) is 76.5 Å². The standard InChI is InChI=1S/C20H28N4O3/c1-7-24(8-2)17-11-9-16(10-12-17)20(26)27-15(5)19(25)21-18-13(3)22-23(6)14(18)4/h9-12,15H,7-8H2,1-6H3,(H,21,25)/t15-/m0/s1. The van der Waals surface area contributed by atoms with E-state index in [2.05, 4.69) is 29.2 Å². The molecular formula is C20H28N4O3. The van der Waals surface area contributed by atoms with E-state index >= 15 is 0 Å². The summed E-state index contributed by atoms with van der Waals surface area (Å²) in [6.07, 6.45) is -0.918. The molecule has 0 saturated carbocycles. The first-order valence-electron chi connectivity index (χ1n) is 9.15. The molecular weight excluding hydrogens is 344 g/mol. The largest absolute Gasteiger partial charge is 0.449 e. The molecule has 0 saturated heterocycles.